The summed E-state index contributed by atoms with van der Waals surface area (Å²) in [6.45, 7) is 1.06. The van der Waals surface area contributed by atoms with Gasteiger partial charge in [-0.3, -0.25) is 9.59 Å². The molecule has 25 heavy (non-hydrogen) atoms. The van der Waals surface area contributed by atoms with E-state index >= 15 is 0 Å². The monoisotopic (exact) mass is 353 g/mol. The molecule has 0 unspecified atom stereocenters. The van der Waals surface area contributed by atoms with Gasteiger partial charge in [-0.15, -0.1) is 0 Å². The lowest BCUT2D eigenvalue weighted by molar-refractivity contribution is -0.120. The number of nitrogens with zero attached hydrogens (tertiary/aromatic N) is 1. The van der Waals surface area contributed by atoms with Crippen molar-refractivity contribution in [3.05, 3.63) is 35.4 Å². The number of hydrogen-bond donors (Lipinski definition) is 2. The Balaban J connectivity index is 1.66. The maximum Gasteiger partial charge on any atom is 0.251 e. The Morgan fingerprint density at radius 3 is 2.52 bits per heavy atom. The van der Waals surface area contributed by atoms with Crippen molar-refractivity contribution < 1.29 is 18.4 Å². The third-order valence-corrected chi connectivity index (χ3v) is 4.58. The first kappa shape index (κ1) is 19.3. The van der Waals surface area contributed by atoms with Crippen LogP contribution in [-0.4, -0.2) is 49.4 Å². The number of amides is 2. The number of carbonyl (C=O) groups excluding carboxylic acids is 2. The van der Waals surface area contributed by atoms with E-state index in [0.29, 0.717) is 12.6 Å². The molecule has 2 N–H and O–H groups in total. The van der Waals surface area contributed by atoms with Crippen molar-refractivity contribution in [2.75, 3.05) is 26.7 Å². The van der Waals surface area contributed by atoms with E-state index in [2.05, 4.69) is 22.6 Å². The lowest BCUT2D eigenvalue weighted by Crippen LogP contribution is -2.42. The maximum atomic E-state index is 13.1. The Morgan fingerprint density at radius 1 is 1.12 bits per heavy atom. The fourth-order valence-electron chi connectivity index (χ4n) is 3.04. The molecule has 0 saturated heterocycles. The Labute approximate surface area is 146 Å². The first-order chi connectivity index (χ1) is 12.0. The minimum Gasteiger partial charge on any atom is -0.353 e. The van der Waals surface area contributed by atoms with Crippen LogP contribution in [0, 0.1) is 11.6 Å². The van der Waals surface area contributed by atoms with E-state index < -0.39 is 17.5 Å². The van der Waals surface area contributed by atoms with Crippen LogP contribution >= 0.6 is 0 Å². The number of rotatable bonds is 7. The number of hydrogen-bond acceptors (Lipinski definition) is 3. The van der Waals surface area contributed by atoms with Crippen LogP contribution in [0.25, 0.3) is 0 Å². The molecule has 0 atom stereocenters. The Bertz CT molecular complexity index is 604. The largest absolute Gasteiger partial charge is 0.353 e. The highest BCUT2D eigenvalue weighted by atomic mass is 19.2. The van der Waals surface area contributed by atoms with Crippen molar-refractivity contribution >= 4 is 11.8 Å². The number of likely N-dealkylation sites (N-methyl/N-ethyl adjacent to an activating group) is 1. The Hall–Kier alpha value is -2.02. The van der Waals surface area contributed by atoms with E-state index in [1.54, 1.807) is 0 Å². The Morgan fingerprint density at radius 2 is 1.84 bits per heavy atom. The third kappa shape index (κ3) is 6.08. The van der Waals surface area contributed by atoms with Gasteiger partial charge in [0.2, 0.25) is 5.91 Å². The molecule has 2 amide bonds. The summed E-state index contributed by atoms with van der Waals surface area (Å²) in [6.07, 6.45) is 6.23. The average Bonchev–Trinajstić information content (AvgIpc) is 2.62. The molecule has 0 spiro atoms. The SMILES string of the molecule is CN(CCNC(=O)CNC(=O)c1ccc(F)c(F)c1)C1CCCCC1. The van der Waals surface area contributed by atoms with Crippen LogP contribution in [0.3, 0.4) is 0 Å². The van der Waals surface area contributed by atoms with Crippen molar-refractivity contribution in [2.24, 2.45) is 0 Å². The molecule has 1 aliphatic rings. The standard InChI is InChI=1S/C18H25F2N3O2/c1-23(14-5-3-2-4-6-14)10-9-21-17(24)12-22-18(25)13-7-8-15(19)16(20)11-13/h7-8,11,14H,2-6,9-10,12H2,1H3,(H,21,24)(H,22,25). The summed E-state index contributed by atoms with van der Waals surface area (Å²) in [7, 11) is 2.06. The second-order valence-electron chi connectivity index (χ2n) is 6.43. The van der Waals surface area contributed by atoms with Gasteiger partial charge in [-0.25, -0.2) is 8.78 Å². The van der Waals surface area contributed by atoms with E-state index in [4.69, 9.17) is 0 Å². The van der Waals surface area contributed by atoms with Crippen molar-refractivity contribution in [2.45, 2.75) is 38.1 Å². The lowest BCUT2D eigenvalue weighted by atomic mass is 9.94. The molecule has 0 aliphatic heterocycles. The summed E-state index contributed by atoms with van der Waals surface area (Å²) in [6, 6.07) is 3.44. The first-order valence-electron chi connectivity index (χ1n) is 8.67. The minimum absolute atomic E-state index is 0.0243. The molecular weight excluding hydrogens is 328 g/mol. The van der Waals surface area contributed by atoms with Gasteiger partial charge in [0.25, 0.3) is 5.91 Å². The van der Waals surface area contributed by atoms with Crippen molar-refractivity contribution in [3.8, 4) is 0 Å². The van der Waals surface area contributed by atoms with Gasteiger partial charge in [0, 0.05) is 24.7 Å². The van der Waals surface area contributed by atoms with Crippen LogP contribution < -0.4 is 10.6 Å². The van der Waals surface area contributed by atoms with Gasteiger partial charge in [0.1, 0.15) is 0 Å². The number of carbonyl (C=O) groups is 2. The average molecular weight is 353 g/mol. The molecular formula is C18H25F2N3O2. The highest BCUT2D eigenvalue weighted by molar-refractivity contribution is 5.96. The zero-order valence-electron chi connectivity index (χ0n) is 14.5. The second kappa shape index (κ2) is 9.46. The van der Waals surface area contributed by atoms with Crippen molar-refractivity contribution in [3.63, 3.8) is 0 Å². The van der Waals surface area contributed by atoms with Crippen LogP contribution in [0.5, 0.6) is 0 Å². The molecule has 1 saturated carbocycles. The molecule has 1 aliphatic carbocycles. The maximum absolute atomic E-state index is 13.1. The molecule has 2 rings (SSSR count). The number of nitrogens with one attached hydrogen (secondary N) is 2. The topological polar surface area (TPSA) is 61.4 Å². The molecule has 0 radical (unpaired) electrons. The van der Waals surface area contributed by atoms with E-state index in [0.717, 1.165) is 18.7 Å². The Kier molecular flexibility index (Phi) is 7.31. The number of benzene rings is 1. The molecule has 7 heteroatoms. The van der Waals surface area contributed by atoms with Crippen LogP contribution in [0.1, 0.15) is 42.5 Å². The highest BCUT2D eigenvalue weighted by Crippen LogP contribution is 2.21. The van der Waals surface area contributed by atoms with E-state index in [1.807, 2.05) is 0 Å². The van der Waals surface area contributed by atoms with Gasteiger partial charge < -0.3 is 15.5 Å². The van der Waals surface area contributed by atoms with Crippen LogP contribution in [0.15, 0.2) is 18.2 Å². The quantitative estimate of drug-likeness (QED) is 0.789. The fraction of sp³-hybridized carbons (Fsp3) is 0.556. The van der Waals surface area contributed by atoms with Gasteiger partial charge >= 0.3 is 0 Å². The highest BCUT2D eigenvalue weighted by Gasteiger charge is 2.17. The van der Waals surface area contributed by atoms with Gasteiger partial charge in [0.05, 0.1) is 6.54 Å². The molecule has 1 aromatic rings. The molecule has 1 fully saturated rings. The summed E-state index contributed by atoms with van der Waals surface area (Å²) in [5.41, 5.74) is -0.0243. The van der Waals surface area contributed by atoms with E-state index in [9.17, 15) is 18.4 Å². The van der Waals surface area contributed by atoms with Gasteiger partial charge in [0.15, 0.2) is 11.6 Å². The third-order valence-electron chi connectivity index (χ3n) is 4.58. The molecule has 0 bridgehead atoms. The van der Waals surface area contributed by atoms with Gasteiger partial charge in [-0.1, -0.05) is 19.3 Å². The summed E-state index contributed by atoms with van der Waals surface area (Å²) < 4.78 is 25.9. The van der Waals surface area contributed by atoms with Crippen molar-refractivity contribution in [1.29, 1.82) is 0 Å². The first-order valence-corrected chi connectivity index (χ1v) is 8.67. The lowest BCUT2D eigenvalue weighted by Gasteiger charge is -2.31. The normalized spacial score (nSPS) is 15.2. The fourth-order valence-corrected chi connectivity index (χ4v) is 3.04. The molecule has 138 valence electrons. The second-order valence-corrected chi connectivity index (χ2v) is 6.43. The summed E-state index contributed by atoms with van der Waals surface area (Å²) >= 11 is 0. The summed E-state index contributed by atoms with van der Waals surface area (Å²) in [5.74, 6) is -3.04. The van der Waals surface area contributed by atoms with Crippen LogP contribution in [0.2, 0.25) is 0 Å². The zero-order valence-corrected chi connectivity index (χ0v) is 14.5. The smallest absolute Gasteiger partial charge is 0.251 e. The molecule has 1 aromatic carbocycles. The summed E-state index contributed by atoms with van der Waals surface area (Å²) in [5, 5.41) is 5.14. The molecule has 0 heterocycles. The molecule has 0 aromatic heterocycles. The van der Waals surface area contributed by atoms with E-state index in [1.165, 1.54) is 38.2 Å². The van der Waals surface area contributed by atoms with E-state index in [-0.39, 0.29) is 18.0 Å². The molecule has 5 nitrogen and oxygen atoms in total. The predicted molar refractivity (Wildman–Crippen MR) is 91.2 cm³/mol. The van der Waals surface area contributed by atoms with Crippen LogP contribution in [-0.2, 0) is 4.79 Å². The summed E-state index contributed by atoms with van der Waals surface area (Å²) in [4.78, 5) is 25.9. The number of halogens is 2. The predicted octanol–water partition coefficient (Wildman–Crippen LogP) is 2.08. The van der Waals surface area contributed by atoms with Crippen LogP contribution in [0.4, 0.5) is 8.78 Å². The zero-order chi connectivity index (χ0) is 18.2. The minimum atomic E-state index is -1.09. The van der Waals surface area contributed by atoms with Gasteiger partial charge in [-0.05, 0) is 38.1 Å². The van der Waals surface area contributed by atoms with Crippen molar-refractivity contribution in [1.82, 2.24) is 15.5 Å². The van der Waals surface area contributed by atoms with Gasteiger partial charge in [-0.2, -0.15) is 0 Å².